The maximum Gasteiger partial charge on any atom is 0.0420 e. The molecule has 1 heterocycles. The molecular weight excluding hydrogens is 256 g/mol. The largest absolute Gasteiger partial charge is 0.310 e. The van der Waals surface area contributed by atoms with Crippen LogP contribution in [0.25, 0.3) is 0 Å². The lowest BCUT2D eigenvalue weighted by atomic mass is 9.95. The van der Waals surface area contributed by atoms with Gasteiger partial charge >= 0.3 is 0 Å². The van der Waals surface area contributed by atoms with Gasteiger partial charge in [0.15, 0.2) is 0 Å². The van der Waals surface area contributed by atoms with Crippen molar-refractivity contribution in [1.29, 1.82) is 0 Å². The van der Waals surface area contributed by atoms with Gasteiger partial charge in [0, 0.05) is 17.9 Å². The Morgan fingerprint density at radius 3 is 2.38 bits per heavy atom. The Hall–Kier alpha value is -1.67. The molecule has 112 valence electrons. The summed E-state index contributed by atoms with van der Waals surface area (Å²) < 4.78 is 0. The Bertz CT molecular complexity index is 558. The van der Waals surface area contributed by atoms with E-state index in [4.69, 9.17) is 0 Å². The third-order valence-corrected chi connectivity index (χ3v) is 3.96. The molecule has 0 radical (unpaired) electrons. The Balaban J connectivity index is 2.18. The minimum atomic E-state index is 0.327. The fourth-order valence-electron chi connectivity index (χ4n) is 2.68. The summed E-state index contributed by atoms with van der Waals surface area (Å²) in [5.41, 5.74) is 5.18. The SMILES string of the molecule is CCNC(Cc1ccc(C(C)C)cc1)c1cccnc1C. The third kappa shape index (κ3) is 4.15. The number of pyridine rings is 1. The Kier molecular flexibility index (Phi) is 5.51. The fourth-order valence-corrected chi connectivity index (χ4v) is 2.68. The van der Waals surface area contributed by atoms with E-state index in [0.717, 1.165) is 18.7 Å². The number of nitrogens with one attached hydrogen (secondary N) is 1. The molecule has 2 nitrogen and oxygen atoms in total. The van der Waals surface area contributed by atoms with E-state index in [1.54, 1.807) is 0 Å². The Morgan fingerprint density at radius 1 is 1.10 bits per heavy atom. The van der Waals surface area contributed by atoms with Crippen molar-refractivity contribution >= 4 is 0 Å². The lowest BCUT2D eigenvalue weighted by Gasteiger charge is -2.20. The normalized spacial score (nSPS) is 12.6. The maximum atomic E-state index is 4.42. The van der Waals surface area contributed by atoms with Crippen molar-refractivity contribution in [3.8, 4) is 0 Å². The van der Waals surface area contributed by atoms with Gasteiger partial charge in [-0.25, -0.2) is 0 Å². The molecular formula is C19H26N2. The molecule has 0 saturated heterocycles. The summed E-state index contributed by atoms with van der Waals surface area (Å²) in [4.78, 5) is 4.42. The smallest absolute Gasteiger partial charge is 0.0420 e. The number of rotatable bonds is 6. The summed E-state index contributed by atoms with van der Waals surface area (Å²) in [7, 11) is 0. The van der Waals surface area contributed by atoms with Crippen LogP contribution in [0.15, 0.2) is 42.6 Å². The molecule has 1 atom stereocenters. The van der Waals surface area contributed by atoms with Gasteiger partial charge in [-0.2, -0.15) is 0 Å². The molecule has 1 aromatic carbocycles. The molecule has 2 aromatic rings. The van der Waals surface area contributed by atoms with Crippen LogP contribution >= 0.6 is 0 Å². The maximum absolute atomic E-state index is 4.42. The van der Waals surface area contributed by atoms with E-state index in [9.17, 15) is 0 Å². The highest BCUT2D eigenvalue weighted by Crippen LogP contribution is 2.22. The van der Waals surface area contributed by atoms with Crippen LogP contribution in [0.2, 0.25) is 0 Å². The van der Waals surface area contributed by atoms with Crippen LogP contribution in [0.5, 0.6) is 0 Å². The zero-order valence-corrected chi connectivity index (χ0v) is 13.6. The van der Waals surface area contributed by atoms with Gasteiger partial charge in [-0.15, -0.1) is 0 Å². The highest BCUT2D eigenvalue weighted by Gasteiger charge is 2.14. The summed E-state index contributed by atoms with van der Waals surface area (Å²) in [6.07, 6.45) is 2.86. The summed E-state index contributed by atoms with van der Waals surface area (Å²) in [6.45, 7) is 9.66. The van der Waals surface area contributed by atoms with Gasteiger partial charge in [0.05, 0.1) is 0 Å². The van der Waals surface area contributed by atoms with Crippen LogP contribution in [0.4, 0.5) is 0 Å². The molecule has 0 saturated carbocycles. The number of nitrogens with zero attached hydrogens (tertiary/aromatic N) is 1. The zero-order valence-electron chi connectivity index (χ0n) is 13.6. The molecule has 0 aliphatic heterocycles. The fraction of sp³-hybridized carbons (Fsp3) is 0.421. The van der Waals surface area contributed by atoms with Crippen LogP contribution in [-0.2, 0) is 6.42 Å². The van der Waals surface area contributed by atoms with Crippen LogP contribution < -0.4 is 5.32 Å². The van der Waals surface area contributed by atoms with E-state index in [-0.39, 0.29) is 0 Å². The monoisotopic (exact) mass is 282 g/mol. The standard InChI is InChI=1S/C19H26N2/c1-5-20-19(18-7-6-12-21-15(18)4)13-16-8-10-17(11-9-16)14(2)3/h6-12,14,19-20H,5,13H2,1-4H3. The third-order valence-electron chi connectivity index (χ3n) is 3.96. The van der Waals surface area contributed by atoms with Crippen LogP contribution in [0.3, 0.4) is 0 Å². The minimum Gasteiger partial charge on any atom is -0.310 e. The van der Waals surface area contributed by atoms with Crippen LogP contribution in [0, 0.1) is 6.92 Å². The second kappa shape index (κ2) is 7.37. The van der Waals surface area contributed by atoms with E-state index in [1.165, 1.54) is 16.7 Å². The second-order valence-electron chi connectivity index (χ2n) is 5.89. The summed E-state index contributed by atoms with van der Waals surface area (Å²) in [5.74, 6) is 0.587. The molecule has 2 rings (SSSR count). The summed E-state index contributed by atoms with van der Waals surface area (Å²) in [5, 5.41) is 3.59. The number of aryl methyl sites for hydroxylation is 1. The Morgan fingerprint density at radius 2 is 1.81 bits per heavy atom. The first kappa shape index (κ1) is 15.7. The lowest BCUT2D eigenvalue weighted by molar-refractivity contribution is 0.545. The van der Waals surface area contributed by atoms with Crippen molar-refractivity contribution in [3.63, 3.8) is 0 Å². The number of benzene rings is 1. The second-order valence-corrected chi connectivity index (χ2v) is 5.89. The molecule has 1 aromatic heterocycles. The molecule has 1 unspecified atom stereocenters. The van der Waals surface area contributed by atoms with E-state index in [0.29, 0.717) is 12.0 Å². The first-order chi connectivity index (χ1) is 10.1. The summed E-state index contributed by atoms with van der Waals surface area (Å²) >= 11 is 0. The van der Waals surface area contributed by atoms with E-state index >= 15 is 0 Å². The average Bonchev–Trinajstić information content (AvgIpc) is 2.48. The topological polar surface area (TPSA) is 24.9 Å². The van der Waals surface area contributed by atoms with Crippen molar-refractivity contribution in [2.75, 3.05) is 6.54 Å². The average molecular weight is 282 g/mol. The van der Waals surface area contributed by atoms with Crippen LogP contribution in [-0.4, -0.2) is 11.5 Å². The predicted octanol–water partition coefficient (Wildman–Crippen LogP) is 4.41. The minimum absolute atomic E-state index is 0.327. The van der Waals surface area contributed by atoms with Gasteiger partial charge in [0.25, 0.3) is 0 Å². The van der Waals surface area contributed by atoms with Gasteiger partial charge in [0.1, 0.15) is 0 Å². The van der Waals surface area contributed by atoms with Gasteiger partial charge in [-0.3, -0.25) is 4.98 Å². The van der Waals surface area contributed by atoms with Crippen molar-refractivity contribution < 1.29 is 0 Å². The Labute approximate surface area is 128 Å². The molecule has 0 fully saturated rings. The summed E-state index contributed by atoms with van der Waals surface area (Å²) in [6, 6.07) is 13.5. The number of hydrogen-bond acceptors (Lipinski definition) is 2. The van der Waals surface area contributed by atoms with E-state index in [1.807, 2.05) is 12.3 Å². The van der Waals surface area contributed by atoms with Crippen molar-refractivity contribution in [1.82, 2.24) is 10.3 Å². The molecule has 21 heavy (non-hydrogen) atoms. The molecule has 1 N–H and O–H groups in total. The first-order valence-electron chi connectivity index (χ1n) is 7.85. The molecule has 0 bridgehead atoms. The van der Waals surface area contributed by atoms with Crippen molar-refractivity contribution in [3.05, 3.63) is 65.0 Å². The first-order valence-corrected chi connectivity index (χ1v) is 7.85. The zero-order chi connectivity index (χ0) is 15.2. The number of aromatic nitrogens is 1. The van der Waals surface area contributed by atoms with Crippen molar-refractivity contribution in [2.45, 2.75) is 46.1 Å². The predicted molar refractivity (Wildman–Crippen MR) is 89.6 cm³/mol. The van der Waals surface area contributed by atoms with Crippen molar-refractivity contribution in [2.24, 2.45) is 0 Å². The molecule has 0 spiro atoms. The molecule has 2 heteroatoms. The number of likely N-dealkylation sites (N-methyl/N-ethyl adjacent to an activating group) is 1. The van der Waals surface area contributed by atoms with Gasteiger partial charge in [-0.1, -0.05) is 51.1 Å². The molecule has 0 aliphatic rings. The van der Waals surface area contributed by atoms with Gasteiger partial charge in [-0.05, 0) is 48.6 Å². The van der Waals surface area contributed by atoms with Gasteiger partial charge in [0.2, 0.25) is 0 Å². The van der Waals surface area contributed by atoms with E-state index in [2.05, 4.69) is 68.3 Å². The van der Waals surface area contributed by atoms with E-state index < -0.39 is 0 Å². The molecule has 0 aliphatic carbocycles. The van der Waals surface area contributed by atoms with Crippen LogP contribution in [0.1, 0.15) is 55.1 Å². The highest BCUT2D eigenvalue weighted by atomic mass is 14.9. The molecule has 0 amide bonds. The number of hydrogen-bond donors (Lipinski definition) is 1. The quantitative estimate of drug-likeness (QED) is 0.849. The highest BCUT2D eigenvalue weighted by molar-refractivity contribution is 5.29. The van der Waals surface area contributed by atoms with Gasteiger partial charge < -0.3 is 5.32 Å². The lowest BCUT2D eigenvalue weighted by Crippen LogP contribution is -2.24.